The van der Waals surface area contributed by atoms with Gasteiger partial charge in [0.25, 0.3) is 0 Å². The summed E-state index contributed by atoms with van der Waals surface area (Å²) in [6.07, 6.45) is 0. The number of thiophene rings is 1. The molecular formula is C25H26N4OS2. The van der Waals surface area contributed by atoms with Gasteiger partial charge in [0.05, 0.1) is 5.75 Å². The summed E-state index contributed by atoms with van der Waals surface area (Å²) in [6, 6.07) is 18.3. The van der Waals surface area contributed by atoms with Gasteiger partial charge in [0.2, 0.25) is 5.91 Å². The largest absolute Gasteiger partial charge is 0.325 e. The van der Waals surface area contributed by atoms with Crippen LogP contribution >= 0.6 is 23.1 Å². The molecule has 0 aliphatic carbocycles. The summed E-state index contributed by atoms with van der Waals surface area (Å²) < 4.78 is 1.96. The van der Waals surface area contributed by atoms with Crippen molar-refractivity contribution in [2.24, 2.45) is 7.05 Å². The van der Waals surface area contributed by atoms with E-state index in [9.17, 15) is 4.79 Å². The van der Waals surface area contributed by atoms with Crippen LogP contribution in [0.15, 0.2) is 65.1 Å². The van der Waals surface area contributed by atoms with Gasteiger partial charge in [0.15, 0.2) is 11.0 Å². The Kier molecular flexibility index (Phi) is 6.77. The highest BCUT2D eigenvalue weighted by atomic mass is 32.2. The number of hydrogen-bond donors (Lipinski definition) is 1. The number of carbonyl (C=O) groups excluding carboxylic acids is 1. The topological polar surface area (TPSA) is 59.8 Å². The van der Waals surface area contributed by atoms with E-state index in [2.05, 4.69) is 65.9 Å². The average molecular weight is 463 g/mol. The quantitative estimate of drug-likeness (QED) is 0.324. The summed E-state index contributed by atoms with van der Waals surface area (Å²) in [5, 5.41) is 14.6. The van der Waals surface area contributed by atoms with E-state index in [0.717, 1.165) is 17.1 Å². The number of benzene rings is 2. The third-order valence-corrected chi connectivity index (χ3v) is 7.24. The van der Waals surface area contributed by atoms with E-state index in [0.29, 0.717) is 11.1 Å². The van der Waals surface area contributed by atoms with Gasteiger partial charge < -0.3 is 9.88 Å². The molecule has 1 N–H and O–H groups in total. The van der Waals surface area contributed by atoms with Crippen molar-refractivity contribution in [1.29, 1.82) is 0 Å². The summed E-state index contributed by atoms with van der Waals surface area (Å²) in [7, 11) is 1.95. The lowest BCUT2D eigenvalue weighted by atomic mass is 10.0. The number of aryl methyl sites for hydroxylation is 1. The monoisotopic (exact) mass is 462 g/mol. The van der Waals surface area contributed by atoms with Crippen LogP contribution in [0.1, 0.15) is 30.2 Å². The molecule has 0 radical (unpaired) electrons. The molecule has 2 aromatic carbocycles. The number of nitrogens with one attached hydrogen (secondary N) is 1. The van der Waals surface area contributed by atoms with Crippen molar-refractivity contribution >= 4 is 34.7 Å². The van der Waals surface area contributed by atoms with E-state index in [4.69, 9.17) is 0 Å². The van der Waals surface area contributed by atoms with Crippen molar-refractivity contribution < 1.29 is 4.79 Å². The lowest BCUT2D eigenvalue weighted by molar-refractivity contribution is -0.113. The van der Waals surface area contributed by atoms with Gasteiger partial charge in [-0.25, -0.2) is 0 Å². The molecule has 32 heavy (non-hydrogen) atoms. The zero-order chi connectivity index (χ0) is 22.7. The fraction of sp³-hybridized carbons (Fsp3) is 0.240. The van der Waals surface area contributed by atoms with Crippen LogP contribution in [0.25, 0.3) is 22.5 Å². The first-order valence-electron chi connectivity index (χ1n) is 10.5. The molecule has 5 nitrogen and oxygen atoms in total. The molecule has 0 spiro atoms. The second-order valence-corrected chi connectivity index (χ2v) is 9.95. The first-order chi connectivity index (χ1) is 15.4. The maximum absolute atomic E-state index is 12.4. The molecule has 2 aromatic heterocycles. The highest BCUT2D eigenvalue weighted by Gasteiger charge is 2.19. The van der Waals surface area contributed by atoms with Gasteiger partial charge in [-0.05, 0) is 36.1 Å². The summed E-state index contributed by atoms with van der Waals surface area (Å²) in [4.78, 5) is 13.7. The Balaban J connectivity index is 1.46. The van der Waals surface area contributed by atoms with Gasteiger partial charge in [0.1, 0.15) is 0 Å². The highest BCUT2D eigenvalue weighted by molar-refractivity contribution is 7.99. The number of nitrogens with zero attached hydrogens (tertiary/aromatic N) is 3. The van der Waals surface area contributed by atoms with E-state index in [1.165, 1.54) is 33.3 Å². The lowest BCUT2D eigenvalue weighted by Gasteiger charge is -2.09. The molecule has 7 heteroatoms. The van der Waals surface area contributed by atoms with Crippen LogP contribution in [0, 0.1) is 6.92 Å². The Morgan fingerprint density at radius 2 is 1.81 bits per heavy atom. The molecule has 0 saturated heterocycles. The second kappa shape index (κ2) is 9.71. The predicted octanol–water partition coefficient (Wildman–Crippen LogP) is 6.37. The number of thioether (sulfide) groups is 1. The molecule has 4 rings (SSSR count). The molecule has 0 atom stereocenters. The summed E-state index contributed by atoms with van der Waals surface area (Å²) in [6.45, 7) is 6.43. The van der Waals surface area contributed by atoms with Gasteiger partial charge in [-0.2, -0.15) is 0 Å². The van der Waals surface area contributed by atoms with Crippen LogP contribution in [-0.2, 0) is 11.8 Å². The van der Waals surface area contributed by atoms with E-state index in [1.807, 2.05) is 41.9 Å². The fourth-order valence-electron chi connectivity index (χ4n) is 3.54. The van der Waals surface area contributed by atoms with Gasteiger partial charge in [-0.3, -0.25) is 4.79 Å². The maximum atomic E-state index is 12.4. The summed E-state index contributed by atoms with van der Waals surface area (Å²) >= 11 is 3.10. The lowest BCUT2D eigenvalue weighted by Crippen LogP contribution is -2.14. The average Bonchev–Trinajstić information content (AvgIpc) is 3.35. The molecule has 2 heterocycles. The molecule has 0 aliphatic heterocycles. The molecule has 164 valence electrons. The van der Waals surface area contributed by atoms with E-state index in [-0.39, 0.29) is 11.7 Å². The normalized spacial score (nSPS) is 11.2. The third-order valence-electron chi connectivity index (χ3n) is 5.31. The van der Waals surface area contributed by atoms with Crippen molar-refractivity contribution in [2.45, 2.75) is 31.8 Å². The number of aromatic nitrogens is 3. The number of amides is 1. The van der Waals surface area contributed by atoms with Crippen LogP contribution in [0.2, 0.25) is 0 Å². The van der Waals surface area contributed by atoms with Gasteiger partial charge >= 0.3 is 0 Å². The van der Waals surface area contributed by atoms with Gasteiger partial charge in [0, 0.05) is 34.1 Å². The van der Waals surface area contributed by atoms with Crippen LogP contribution in [-0.4, -0.2) is 26.4 Å². The van der Waals surface area contributed by atoms with Crippen LogP contribution < -0.4 is 5.32 Å². The Bertz CT molecular complexity index is 1210. The number of hydrogen-bond acceptors (Lipinski definition) is 5. The molecule has 4 aromatic rings. The zero-order valence-corrected chi connectivity index (χ0v) is 20.3. The second-order valence-electron chi connectivity index (χ2n) is 7.93. The highest BCUT2D eigenvalue weighted by Crippen LogP contribution is 2.38. The Morgan fingerprint density at radius 1 is 1.09 bits per heavy atom. The molecule has 0 aliphatic rings. The molecular weight excluding hydrogens is 436 g/mol. The summed E-state index contributed by atoms with van der Waals surface area (Å²) in [5.74, 6) is 1.48. The Morgan fingerprint density at radius 3 is 2.50 bits per heavy atom. The van der Waals surface area contributed by atoms with Crippen molar-refractivity contribution in [2.75, 3.05) is 11.1 Å². The van der Waals surface area contributed by atoms with Crippen molar-refractivity contribution in [3.8, 4) is 22.5 Å². The molecule has 0 bridgehead atoms. The minimum absolute atomic E-state index is 0.0619. The van der Waals surface area contributed by atoms with Gasteiger partial charge in [-0.1, -0.05) is 68.1 Å². The number of carbonyl (C=O) groups is 1. The third kappa shape index (κ3) is 4.79. The van der Waals surface area contributed by atoms with Crippen LogP contribution in [0.5, 0.6) is 0 Å². The molecule has 0 unspecified atom stereocenters. The Hall–Kier alpha value is -2.90. The van der Waals surface area contributed by atoms with Crippen LogP contribution in [0.3, 0.4) is 0 Å². The van der Waals surface area contributed by atoms with E-state index in [1.54, 1.807) is 11.3 Å². The Labute approximate surface area is 196 Å². The first kappa shape index (κ1) is 22.3. The fourth-order valence-corrected chi connectivity index (χ4v) is 5.11. The van der Waals surface area contributed by atoms with Crippen molar-refractivity contribution in [3.05, 3.63) is 70.4 Å². The number of rotatable bonds is 7. The van der Waals surface area contributed by atoms with Crippen molar-refractivity contribution in [1.82, 2.24) is 14.8 Å². The van der Waals surface area contributed by atoms with E-state index < -0.39 is 0 Å². The molecule has 1 amide bonds. The SMILES string of the molecule is Cc1scc(-c2nnc(SCC(=O)Nc3ccc(C(C)C)cc3)n2C)c1-c1ccccc1. The number of anilines is 1. The zero-order valence-electron chi connectivity index (χ0n) is 18.6. The molecule has 0 fully saturated rings. The molecule has 0 saturated carbocycles. The van der Waals surface area contributed by atoms with Gasteiger partial charge in [-0.15, -0.1) is 21.5 Å². The van der Waals surface area contributed by atoms with E-state index >= 15 is 0 Å². The maximum Gasteiger partial charge on any atom is 0.234 e. The van der Waals surface area contributed by atoms with Crippen LogP contribution in [0.4, 0.5) is 5.69 Å². The smallest absolute Gasteiger partial charge is 0.234 e. The first-order valence-corrected chi connectivity index (χ1v) is 12.4. The summed E-state index contributed by atoms with van der Waals surface area (Å²) in [5.41, 5.74) is 5.48. The van der Waals surface area contributed by atoms with Crippen molar-refractivity contribution in [3.63, 3.8) is 0 Å². The minimum Gasteiger partial charge on any atom is -0.325 e. The minimum atomic E-state index is -0.0619. The predicted molar refractivity (Wildman–Crippen MR) is 134 cm³/mol. The standard InChI is InChI=1S/C25H26N4OS2/c1-16(2)18-10-12-20(13-11-18)26-22(30)15-32-25-28-27-24(29(25)4)21-14-31-17(3)23(21)19-8-6-5-7-9-19/h5-14,16H,15H2,1-4H3,(H,26,30).